The summed E-state index contributed by atoms with van der Waals surface area (Å²) in [5.41, 5.74) is 9.44. The molecule has 108 valence electrons. The number of allylic oxidation sites excluding steroid dienone is 3. The molecule has 0 nitrogen and oxygen atoms in total. The molecule has 0 aromatic heterocycles. The summed E-state index contributed by atoms with van der Waals surface area (Å²) in [4.78, 5) is 0. The molecule has 2 aromatic carbocycles. The summed E-state index contributed by atoms with van der Waals surface area (Å²) in [7, 11) is 0. The molecule has 1 unspecified atom stereocenters. The van der Waals surface area contributed by atoms with E-state index in [1.165, 1.54) is 36.8 Å². The molecule has 0 aliphatic heterocycles. The Morgan fingerprint density at radius 1 is 0.773 bits per heavy atom. The molecule has 0 saturated carbocycles. The number of hydrogen-bond donors (Lipinski definition) is 0. The van der Waals surface area contributed by atoms with E-state index in [0.29, 0.717) is 5.92 Å². The largest absolute Gasteiger partial charge is 0.0838 e. The molecule has 0 amide bonds. The summed E-state index contributed by atoms with van der Waals surface area (Å²) in [5.74, 6) is 1.41. The molecule has 5 rings (SSSR count). The second-order valence-corrected chi connectivity index (χ2v) is 6.97. The van der Waals surface area contributed by atoms with Gasteiger partial charge in [0.1, 0.15) is 0 Å². The summed E-state index contributed by atoms with van der Waals surface area (Å²) in [6.07, 6.45) is 9.90. The molecule has 0 bridgehead atoms. The van der Waals surface area contributed by atoms with Crippen LogP contribution in [-0.2, 0) is 12.8 Å². The predicted octanol–water partition coefficient (Wildman–Crippen LogP) is 5.30. The second kappa shape index (κ2) is 4.71. The Kier molecular flexibility index (Phi) is 2.67. The van der Waals surface area contributed by atoms with Crippen molar-refractivity contribution in [3.8, 4) is 0 Å². The monoisotopic (exact) mass is 284 g/mol. The van der Waals surface area contributed by atoms with E-state index in [2.05, 4.69) is 60.7 Å². The van der Waals surface area contributed by atoms with Crippen molar-refractivity contribution in [3.63, 3.8) is 0 Å². The van der Waals surface area contributed by atoms with Crippen molar-refractivity contribution in [2.24, 2.45) is 5.92 Å². The minimum absolute atomic E-state index is 0.680. The SMILES string of the molecule is C1=C(C2CC=C3Cc4ccccc4[C@H]3C2)Cc2ccccc21. The van der Waals surface area contributed by atoms with Gasteiger partial charge in [-0.15, -0.1) is 0 Å². The first-order valence-electron chi connectivity index (χ1n) is 8.43. The average molecular weight is 284 g/mol. The number of benzene rings is 2. The number of hydrogen-bond acceptors (Lipinski definition) is 0. The smallest absolute Gasteiger partial charge is 0.00601 e. The third-order valence-electron chi connectivity index (χ3n) is 5.77. The molecule has 0 radical (unpaired) electrons. The highest BCUT2D eigenvalue weighted by atomic mass is 14.4. The predicted molar refractivity (Wildman–Crippen MR) is 91.8 cm³/mol. The molecule has 22 heavy (non-hydrogen) atoms. The topological polar surface area (TPSA) is 0 Å². The van der Waals surface area contributed by atoms with Crippen LogP contribution < -0.4 is 0 Å². The molecule has 0 N–H and O–H groups in total. The zero-order valence-electron chi connectivity index (χ0n) is 12.8. The zero-order valence-corrected chi connectivity index (χ0v) is 12.8. The Morgan fingerprint density at radius 2 is 1.55 bits per heavy atom. The fourth-order valence-corrected chi connectivity index (χ4v) is 4.62. The lowest BCUT2D eigenvalue weighted by Gasteiger charge is -2.27. The first-order valence-corrected chi connectivity index (χ1v) is 8.43. The second-order valence-electron chi connectivity index (χ2n) is 6.97. The molecular weight excluding hydrogens is 264 g/mol. The van der Waals surface area contributed by atoms with Crippen molar-refractivity contribution < 1.29 is 0 Å². The Labute approximate surface area is 132 Å². The van der Waals surface area contributed by atoms with Crippen LogP contribution in [0.5, 0.6) is 0 Å². The molecule has 2 atom stereocenters. The highest BCUT2D eigenvalue weighted by molar-refractivity contribution is 5.64. The Balaban J connectivity index is 1.45. The fourth-order valence-electron chi connectivity index (χ4n) is 4.62. The molecule has 0 heteroatoms. The van der Waals surface area contributed by atoms with Crippen LogP contribution in [0.4, 0.5) is 0 Å². The zero-order chi connectivity index (χ0) is 14.5. The molecule has 3 aliphatic carbocycles. The van der Waals surface area contributed by atoms with Crippen molar-refractivity contribution in [2.45, 2.75) is 31.6 Å². The number of rotatable bonds is 1. The van der Waals surface area contributed by atoms with E-state index in [9.17, 15) is 0 Å². The lowest BCUT2D eigenvalue weighted by Crippen LogP contribution is -2.14. The van der Waals surface area contributed by atoms with Crippen LogP contribution in [0, 0.1) is 5.92 Å². The van der Waals surface area contributed by atoms with Crippen LogP contribution in [0.3, 0.4) is 0 Å². The standard InChI is InChI=1S/C22H20/c1-2-6-16-12-20(11-15(16)5-1)17-9-10-19-13-18-7-3-4-8-21(18)22(19)14-17/h1-8,10-11,17,22H,9,12-14H2/t17?,22-/m0/s1. The molecule has 0 fully saturated rings. The van der Waals surface area contributed by atoms with E-state index in [0.717, 1.165) is 5.92 Å². The molecule has 2 aromatic rings. The van der Waals surface area contributed by atoms with Crippen LogP contribution in [0.25, 0.3) is 6.08 Å². The third kappa shape index (κ3) is 1.83. The maximum absolute atomic E-state index is 2.54. The fraction of sp³-hybridized carbons (Fsp3) is 0.273. The van der Waals surface area contributed by atoms with Gasteiger partial charge in [0.2, 0.25) is 0 Å². The Bertz CT molecular complexity index is 806. The Morgan fingerprint density at radius 3 is 2.45 bits per heavy atom. The summed E-state index contributed by atoms with van der Waals surface area (Å²) < 4.78 is 0. The van der Waals surface area contributed by atoms with Gasteiger partial charge in [-0.3, -0.25) is 0 Å². The first kappa shape index (κ1) is 12.5. The van der Waals surface area contributed by atoms with Gasteiger partial charge in [-0.2, -0.15) is 0 Å². The van der Waals surface area contributed by atoms with E-state index >= 15 is 0 Å². The lowest BCUT2D eigenvalue weighted by molar-refractivity contribution is 0.497. The maximum atomic E-state index is 2.54. The quantitative estimate of drug-likeness (QED) is 0.623. The van der Waals surface area contributed by atoms with Crippen molar-refractivity contribution in [1.29, 1.82) is 0 Å². The number of fused-ring (bicyclic) bond motifs is 4. The van der Waals surface area contributed by atoms with Crippen molar-refractivity contribution >= 4 is 6.08 Å². The molecular formula is C22H20. The highest BCUT2D eigenvalue weighted by Crippen LogP contribution is 2.48. The highest BCUT2D eigenvalue weighted by Gasteiger charge is 2.33. The van der Waals surface area contributed by atoms with Gasteiger partial charge >= 0.3 is 0 Å². The summed E-state index contributed by atoms with van der Waals surface area (Å²) >= 11 is 0. The van der Waals surface area contributed by atoms with E-state index in [-0.39, 0.29) is 0 Å². The summed E-state index contributed by atoms with van der Waals surface area (Å²) in [5, 5.41) is 0. The normalized spacial score (nSPS) is 25.1. The van der Waals surface area contributed by atoms with Crippen molar-refractivity contribution in [2.75, 3.05) is 0 Å². The lowest BCUT2D eigenvalue weighted by atomic mass is 9.77. The van der Waals surface area contributed by atoms with Crippen LogP contribution in [-0.4, -0.2) is 0 Å². The first-order chi connectivity index (χ1) is 10.9. The maximum Gasteiger partial charge on any atom is 0.00601 e. The van der Waals surface area contributed by atoms with Crippen molar-refractivity contribution in [3.05, 3.63) is 88.0 Å². The van der Waals surface area contributed by atoms with Gasteiger partial charge in [-0.1, -0.05) is 71.8 Å². The minimum atomic E-state index is 0.680. The van der Waals surface area contributed by atoms with Gasteiger partial charge in [0, 0.05) is 5.92 Å². The third-order valence-corrected chi connectivity index (χ3v) is 5.77. The van der Waals surface area contributed by atoms with Gasteiger partial charge in [0.15, 0.2) is 0 Å². The average Bonchev–Trinajstić information content (AvgIpc) is 3.15. The van der Waals surface area contributed by atoms with E-state index in [4.69, 9.17) is 0 Å². The van der Waals surface area contributed by atoms with E-state index < -0.39 is 0 Å². The van der Waals surface area contributed by atoms with Gasteiger partial charge in [-0.25, -0.2) is 0 Å². The van der Waals surface area contributed by atoms with E-state index in [1.54, 1.807) is 22.3 Å². The van der Waals surface area contributed by atoms with Crippen LogP contribution in [0.1, 0.15) is 41.0 Å². The van der Waals surface area contributed by atoms with Crippen LogP contribution >= 0.6 is 0 Å². The van der Waals surface area contributed by atoms with Gasteiger partial charge in [0.05, 0.1) is 0 Å². The van der Waals surface area contributed by atoms with Crippen molar-refractivity contribution in [1.82, 2.24) is 0 Å². The summed E-state index contributed by atoms with van der Waals surface area (Å²) in [6, 6.07) is 17.9. The van der Waals surface area contributed by atoms with Gasteiger partial charge in [-0.05, 0) is 53.9 Å². The molecule has 0 heterocycles. The summed E-state index contributed by atoms with van der Waals surface area (Å²) in [6.45, 7) is 0. The van der Waals surface area contributed by atoms with Gasteiger partial charge in [0.25, 0.3) is 0 Å². The van der Waals surface area contributed by atoms with Crippen LogP contribution in [0.15, 0.2) is 65.8 Å². The van der Waals surface area contributed by atoms with Gasteiger partial charge < -0.3 is 0 Å². The molecule has 0 saturated heterocycles. The van der Waals surface area contributed by atoms with Crippen LogP contribution in [0.2, 0.25) is 0 Å². The molecule has 0 spiro atoms. The Hall–Kier alpha value is -2.08. The minimum Gasteiger partial charge on any atom is -0.0838 e. The van der Waals surface area contributed by atoms with E-state index in [1.807, 2.05) is 0 Å². The molecule has 3 aliphatic rings.